The minimum absolute atomic E-state index is 0.00882. The average molecular weight is 279 g/mol. The van der Waals surface area contributed by atoms with E-state index in [1.54, 1.807) is 6.07 Å². The van der Waals surface area contributed by atoms with Crippen LogP contribution in [-0.4, -0.2) is 32.6 Å². The lowest BCUT2D eigenvalue weighted by Gasteiger charge is -2.26. The van der Waals surface area contributed by atoms with E-state index in [4.69, 9.17) is 5.11 Å². The molecular weight excluding hydrogens is 262 g/mol. The van der Waals surface area contributed by atoms with Gasteiger partial charge in [-0.05, 0) is 31.7 Å². The molecule has 2 rings (SSSR count). The lowest BCUT2D eigenvalue weighted by molar-refractivity contribution is -0.142. The normalized spacial score (nSPS) is 22.2. The number of nitrogens with zero attached hydrogens (tertiary/aromatic N) is 2. The molecule has 7 nitrogen and oxygen atoms in total. The summed E-state index contributed by atoms with van der Waals surface area (Å²) < 4.78 is 1.23. The minimum Gasteiger partial charge on any atom is -0.481 e. The summed E-state index contributed by atoms with van der Waals surface area (Å²) in [5.74, 6) is -1.32. The molecule has 0 bridgehead atoms. The first-order valence-corrected chi connectivity index (χ1v) is 6.60. The van der Waals surface area contributed by atoms with Crippen LogP contribution in [0.5, 0.6) is 0 Å². The molecule has 1 aliphatic rings. The van der Waals surface area contributed by atoms with Crippen LogP contribution in [-0.2, 0) is 16.1 Å². The summed E-state index contributed by atoms with van der Waals surface area (Å²) in [5, 5.41) is 11.7. The summed E-state index contributed by atoms with van der Waals surface area (Å²) in [6.07, 6.45) is 5.36. The van der Waals surface area contributed by atoms with E-state index in [1.807, 2.05) is 0 Å². The highest BCUT2D eigenvalue weighted by atomic mass is 16.4. The van der Waals surface area contributed by atoms with E-state index >= 15 is 0 Å². The van der Waals surface area contributed by atoms with Crippen molar-refractivity contribution in [2.45, 2.75) is 38.3 Å². The van der Waals surface area contributed by atoms with Crippen molar-refractivity contribution in [3.63, 3.8) is 0 Å². The molecule has 1 aromatic rings. The van der Waals surface area contributed by atoms with Gasteiger partial charge in [0.2, 0.25) is 5.91 Å². The van der Waals surface area contributed by atoms with E-state index in [1.165, 1.54) is 17.0 Å². The van der Waals surface area contributed by atoms with Crippen LogP contribution in [0.25, 0.3) is 0 Å². The Morgan fingerprint density at radius 1 is 1.35 bits per heavy atom. The number of aliphatic carboxylic acids is 1. The van der Waals surface area contributed by atoms with Gasteiger partial charge in [-0.15, -0.1) is 0 Å². The highest BCUT2D eigenvalue weighted by molar-refractivity contribution is 5.76. The monoisotopic (exact) mass is 279 g/mol. The van der Waals surface area contributed by atoms with Gasteiger partial charge in [-0.25, -0.2) is 9.78 Å². The van der Waals surface area contributed by atoms with Gasteiger partial charge < -0.3 is 10.4 Å². The standard InChI is InChI=1S/C13H17N3O4/c17-11(8-16-7-1-6-14-13(16)20)15-10-4-2-9(3-5-10)12(18)19/h1,6-7,9-10H,2-5,8H2,(H,15,17)(H,18,19). The molecule has 0 aromatic carbocycles. The molecule has 0 aliphatic heterocycles. The fourth-order valence-corrected chi connectivity index (χ4v) is 2.42. The molecule has 1 fully saturated rings. The van der Waals surface area contributed by atoms with Gasteiger partial charge in [-0.3, -0.25) is 14.2 Å². The number of carbonyl (C=O) groups is 2. The van der Waals surface area contributed by atoms with Crippen LogP contribution < -0.4 is 11.0 Å². The highest BCUT2D eigenvalue weighted by Gasteiger charge is 2.26. The van der Waals surface area contributed by atoms with Gasteiger partial charge in [0.15, 0.2) is 0 Å². The molecule has 108 valence electrons. The predicted octanol–water partition coefficient (Wildman–Crippen LogP) is 0.00290. The smallest absolute Gasteiger partial charge is 0.347 e. The lowest BCUT2D eigenvalue weighted by Crippen LogP contribution is -2.41. The average Bonchev–Trinajstić information content (AvgIpc) is 2.42. The number of aromatic nitrogens is 2. The van der Waals surface area contributed by atoms with Gasteiger partial charge in [0.1, 0.15) is 6.54 Å². The number of hydrogen-bond donors (Lipinski definition) is 2. The summed E-state index contributed by atoms with van der Waals surface area (Å²) in [6, 6.07) is 1.58. The van der Waals surface area contributed by atoms with Crippen molar-refractivity contribution in [3.8, 4) is 0 Å². The molecule has 1 aromatic heterocycles. The van der Waals surface area contributed by atoms with Crippen molar-refractivity contribution in [2.24, 2.45) is 5.92 Å². The third kappa shape index (κ3) is 3.66. The largest absolute Gasteiger partial charge is 0.481 e. The van der Waals surface area contributed by atoms with Crippen LogP contribution in [0, 0.1) is 5.92 Å². The van der Waals surface area contributed by atoms with Crippen molar-refractivity contribution in [3.05, 3.63) is 28.9 Å². The molecular formula is C13H17N3O4. The van der Waals surface area contributed by atoms with Crippen LogP contribution in [0.1, 0.15) is 25.7 Å². The zero-order chi connectivity index (χ0) is 14.5. The number of carbonyl (C=O) groups excluding carboxylic acids is 1. The van der Waals surface area contributed by atoms with Crippen LogP contribution in [0.4, 0.5) is 0 Å². The topological polar surface area (TPSA) is 101 Å². The molecule has 1 amide bonds. The quantitative estimate of drug-likeness (QED) is 0.808. The molecule has 0 radical (unpaired) electrons. The van der Waals surface area contributed by atoms with Gasteiger partial charge in [0.05, 0.1) is 5.92 Å². The summed E-state index contributed by atoms with van der Waals surface area (Å²) in [4.78, 5) is 37.6. The van der Waals surface area contributed by atoms with Gasteiger partial charge in [0, 0.05) is 18.4 Å². The molecule has 20 heavy (non-hydrogen) atoms. The summed E-state index contributed by atoms with van der Waals surface area (Å²) >= 11 is 0. The molecule has 1 saturated carbocycles. The number of hydrogen-bond acceptors (Lipinski definition) is 4. The maximum Gasteiger partial charge on any atom is 0.347 e. The zero-order valence-electron chi connectivity index (χ0n) is 11.0. The van der Waals surface area contributed by atoms with Gasteiger partial charge in [-0.2, -0.15) is 0 Å². The van der Waals surface area contributed by atoms with Gasteiger partial charge in [-0.1, -0.05) is 0 Å². The highest BCUT2D eigenvalue weighted by Crippen LogP contribution is 2.24. The van der Waals surface area contributed by atoms with E-state index in [-0.39, 0.29) is 24.4 Å². The Hall–Kier alpha value is -2.18. The van der Waals surface area contributed by atoms with Crippen molar-refractivity contribution < 1.29 is 14.7 Å². The van der Waals surface area contributed by atoms with Gasteiger partial charge in [0.25, 0.3) is 0 Å². The molecule has 0 unspecified atom stereocenters. The van der Waals surface area contributed by atoms with Crippen LogP contribution in [0.2, 0.25) is 0 Å². The van der Waals surface area contributed by atoms with Crippen LogP contribution >= 0.6 is 0 Å². The van der Waals surface area contributed by atoms with Crippen LogP contribution in [0.15, 0.2) is 23.3 Å². The molecule has 0 saturated heterocycles. The fourth-order valence-electron chi connectivity index (χ4n) is 2.42. The maximum absolute atomic E-state index is 11.8. The Morgan fingerprint density at radius 3 is 2.65 bits per heavy atom. The van der Waals surface area contributed by atoms with Crippen molar-refractivity contribution in [2.75, 3.05) is 0 Å². The second-order valence-electron chi connectivity index (χ2n) is 4.98. The first-order chi connectivity index (χ1) is 9.56. The molecule has 7 heteroatoms. The summed E-state index contributed by atoms with van der Waals surface area (Å²) in [7, 11) is 0. The number of rotatable bonds is 4. The van der Waals surface area contributed by atoms with Crippen molar-refractivity contribution >= 4 is 11.9 Å². The van der Waals surface area contributed by atoms with Crippen molar-refractivity contribution in [1.82, 2.24) is 14.9 Å². The van der Waals surface area contributed by atoms with Gasteiger partial charge >= 0.3 is 11.7 Å². The van der Waals surface area contributed by atoms with E-state index < -0.39 is 11.7 Å². The third-order valence-corrected chi connectivity index (χ3v) is 3.54. The van der Waals surface area contributed by atoms with E-state index in [0.717, 1.165) is 0 Å². The Kier molecular flexibility index (Phi) is 4.49. The Labute approximate surface area is 115 Å². The van der Waals surface area contributed by atoms with Crippen molar-refractivity contribution in [1.29, 1.82) is 0 Å². The number of carboxylic acid groups (broad SMARTS) is 1. The predicted molar refractivity (Wildman–Crippen MR) is 70.0 cm³/mol. The van der Waals surface area contributed by atoms with E-state index in [2.05, 4.69) is 10.3 Å². The molecule has 1 heterocycles. The lowest BCUT2D eigenvalue weighted by atomic mass is 9.86. The van der Waals surface area contributed by atoms with Crippen LogP contribution in [0.3, 0.4) is 0 Å². The Morgan fingerprint density at radius 2 is 2.05 bits per heavy atom. The number of carboxylic acids is 1. The first kappa shape index (κ1) is 14.2. The summed E-state index contributed by atoms with van der Waals surface area (Å²) in [6.45, 7) is -0.0640. The fraction of sp³-hybridized carbons (Fsp3) is 0.538. The van der Waals surface area contributed by atoms with E-state index in [0.29, 0.717) is 25.7 Å². The molecule has 2 N–H and O–H groups in total. The molecule has 0 spiro atoms. The number of amides is 1. The Bertz CT molecular complexity index is 547. The zero-order valence-corrected chi connectivity index (χ0v) is 11.0. The SMILES string of the molecule is O=C(Cn1cccnc1=O)NC1CCC(C(=O)O)CC1. The Balaban J connectivity index is 1.83. The third-order valence-electron chi connectivity index (χ3n) is 3.54. The second-order valence-corrected chi connectivity index (χ2v) is 4.98. The minimum atomic E-state index is -0.767. The second kappa shape index (κ2) is 6.31. The van der Waals surface area contributed by atoms with E-state index in [9.17, 15) is 14.4 Å². The first-order valence-electron chi connectivity index (χ1n) is 6.60. The summed E-state index contributed by atoms with van der Waals surface area (Å²) in [5.41, 5.74) is -0.461. The molecule has 0 atom stereocenters. The maximum atomic E-state index is 11.8. The number of nitrogens with one attached hydrogen (secondary N) is 1. The molecule has 1 aliphatic carbocycles.